The Kier molecular flexibility index (Phi) is 3.80. The molecule has 1 aromatic heterocycles. The number of para-hydroxylation sites is 2. The molecule has 1 aliphatic rings. The van der Waals surface area contributed by atoms with Crippen LogP contribution in [0, 0.1) is 0 Å². The summed E-state index contributed by atoms with van der Waals surface area (Å²) in [7, 11) is 1.73. The van der Waals surface area contributed by atoms with Crippen molar-refractivity contribution in [3.05, 3.63) is 30.1 Å². The molecule has 3 rings (SSSR count). The third-order valence-electron chi connectivity index (χ3n) is 3.98. The standard InChI is InChI=1S/C15H21N3O/c1-19-10-16-12-6-4-5-11(9-12)15-17-13-7-2-3-8-14(13)18-15/h2-3,7-8,11-12,16H,4-6,9-10H2,1H3,(H,17,18)/t11?,12-/m1/s1. The van der Waals surface area contributed by atoms with Crippen molar-refractivity contribution >= 4 is 11.0 Å². The lowest BCUT2D eigenvalue weighted by Gasteiger charge is -2.28. The highest BCUT2D eigenvalue weighted by molar-refractivity contribution is 5.74. The minimum absolute atomic E-state index is 0.538. The van der Waals surface area contributed by atoms with E-state index in [-0.39, 0.29) is 0 Å². The number of aromatic amines is 1. The van der Waals surface area contributed by atoms with Gasteiger partial charge in [-0.3, -0.25) is 5.32 Å². The highest BCUT2D eigenvalue weighted by Crippen LogP contribution is 2.32. The van der Waals surface area contributed by atoms with Crippen LogP contribution in [0.25, 0.3) is 11.0 Å². The summed E-state index contributed by atoms with van der Waals surface area (Å²) in [5.74, 6) is 1.68. The molecule has 1 heterocycles. The van der Waals surface area contributed by atoms with Gasteiger partial charge in [0.15, 0.2) is 0 Å². The van der Waals surface area contributed by atoms with Gasteiger partial charge in [-0.2, -0.15) is 0 Å². The van der Waals surface area contributed by atoms with Crippen LogP contribution in [0.15, 0.2) is 24.3 Å². The molecule has 0 aliphatic heterocycles. The third-order valence-corrected chi connectivity index (χ3v) is 3.98. The normalized spacial score (nSPS) is 23.8. The van der Waals surface area contributed by atoms with Crippen LogP contribution in [0.3, 0.4) is 0 Å². The van der Waals surface area contributed by atoms with Crippen molar-refractivity contribution in [3.63, 3.8) is 0 Å². The van der Waals surface area contributed by atoms with E-state index < -0.39 is 0 Å². The molecule has 1 unspecified atom stereocenters. The van der Waals surface area contributed by atoms with Gasteiger partial charge in [-0.1, -0.05) is 18.6 Å². The number of hydrogen-bond donors (Lipinski definition) is 2. The number of imidazole rings is 1. The van der Waals surface area contributed by atoms with E-state index in [1.165, 1.54) is 19.3 Å². The number of nitrogens with zero attached hydrogens (tertiary/aromatic N) is 1. The average molecular weight is 259 g/mol. The van der Waals surface area contributed by atoms with Crippen molar-refractivity contribution in [1.29, 1.82) is 0 Å². The fourth-order valence-electron chi connectivity index (χ4n) is 2.99. The van der Waals surface area contributed by atoms with Gasteiger partial charge in [-0.15, -0.1) is 0 Å². The van der Waals surface area contributed by atoms with Gasteiger partial charge in [0.05, 0.1) is 17.8 Å². The van der Waals surface area contributed by atoms with Gasteiger partial charge in [0.25, 0.3) is 0 Å². The molecule has 1 saturated carbocycles. The number of H-pyrrole nitrogens is 1. The first-order valence-electron chi connectivity index (χ1n) is 7.04. The zero-order chi connectivity index (χ0) is 13.1. The van der Waals surface area contributed by atoms with Crippen molar-refractivity contribution in [2.75, 3.05) is 13.8 Å². The maximum atomic E-state index is 5.10. The Labute approximate surface area is 113 Å². The quantitative estimate of drug-likeness (QED) is 0.830. The number of ether oxygens (including phenoxy) is 1. The van der Waals surface area contributed by atoms with Gasteiger partial charge in [0.2, 0.25) is 0 Å². The second-order valence-electron chi connectivity index (χ2n) is 5.34. The molecule has 1 fully saturated rings. The molecular formula is C15H21N3O. The summed E-state index contributed by atoms with van der Waals surface area (Å²) in [5.41, 5.74) is 2.22. The Hall–Kier alpha value is -1.39. The number of fused-ring (bicyclic) bond motifs is 1. The highest BCUT2D eigenvalue weighted by atomic mass is 16.5. The summed E-state index contributed by atoms with van der Waals surface area (Å²) in [5, 5.41) is 3.44. The molecule has 0 radical (unpaired) electrons. The van der Waals surface area contributed by atoms with E-state index in [4.69, 9.17) is 9.72 Å². The molecule has 0 amide bonds. The van der Waals surface area contributed by atoms with Crippen molar-refractivity contribution in [2.24, 2.45) is 0 Å². The van der Waals surface area contributed by atoms with Crippen molar-refractivity contribution in [2.45, 2.75) is 37.6 Å². The van der Waals surface area contributed by atoms with E-state index in [1.54, 1.807) is 7.11 Å². The zero-order valence-corrected chi connectivity index (χ0v) is 11.4. The number of aromatic nitrogens is 2. The lowest BCUT2D eigenvalue weighted by atomic mass is 9.85. The summed E-state index contributed by atoms with van der Waals surface area (Å²) in [6.45, 7) is 0.636. The van der Waals surface area contributed by atoms with Crippen LogP contribution >= 0.6 is 0 Å². The number of methoxy groups -OCH3 is 1. The van der Waals surface area contributed by atoms with E-state index in [9.17, 15) is 0 Å². The first-order valence-corrected chi connectivity index (χ1v) is 7.04. The number of benzene rings is 1. The molecule has 0 bridgehead atoms. The van der Waals surface area contributed by atoms with Crippen molar-refractivity contribution in [3.8, 4) is 0 Å². The van der Waals surface area contributed by atoms with Gasteiger partial charge in [0.1, 0.15) is 5.82 Å². The van der Waals surface area contributed by atoms with E-state index in [2.05, 4.69) is 22.4 Å². The third kappa shape index (κ3) is 2.80. The molecule has 19 heavy (non-hydrogen) atoms. The minimum Gasteiger partial charge on any atom is -0.370 e. The summed E-state index contributed by atoms with van der Waals surface area (Å²) < 4.78 is 5.10. The van der Waals surface area contributed by atoms with Gasteiger partial charge >= 0.3 is 0 Å². The Morgan fingerprint density at radius 2 is 2.26 bits per heavy atom. The topological polar surface area (TPSA) is 49.9 Å². The fraction of sp³-hybridized carbons (Fsp3) is 0.533. The Bertz CT molecular complexity index is 504. The summed E-state index contributed by atoms with van der Waals surface area (Å²) in [6, 6.07) is 8.80. The molecule has 2 aromatic rings. The Morgan fingerprint density at radius 1 is 1.37 bits per heavy atom. The number of rotatable bonds is 4. The lowest BCUT2D eigenvalue weighted by molar-refractivity contribution is 0.151. The zero-order valence-electron chi connectivity index (χ0n) is 11.4. The molecule has 1 aliphatic carbocycles. The maximum Gasteiger partial charge on any atom is 0.110 e. The molecule has 2 atom stereocenters. The van der Waals surface area contributed by atoms with Gasteiger partial charge in [-0.25, -0.2) is 4.98 Å². The average Bonchev–Trinajstić information content (AvgIpc) is 2.89. The van der Waals surface area contributed by atoms with E-state index in [0.29, 0.717) is 18.7 Å². The predicted octanol–water partition coefficient (Wildman–Crippen LogP) is 2.78. The SMILES string of the molecule is COCN[C@@H]1CCCC(c2nc3ccccc3[nH]2)C1. The van der Waals surface area contributed by atoms with Crippen LogP contribution in [-0.4, -0.2) is 29.9 Å². The van der Waals surface area contributed by atoms with Crippen LogP contribution in [0.5, 0.6) is 0 Å². The summed E-state index contributed by atoms with van der Waals surface area (Å²) in [6.07, 6.45) is 4.86. The summed E-state index contributed by atoms with van der Waals surface area (Å²) in [4.78, 5) is 8.21. The van der Waals surface area contributed by atoms with Crippen molar-refractivity contribution < 1.29 is 4.74 Å². The lowest BCUT2D eigenvalue weighted by Crippen LogP contribution is -2.34. The Balaban J connectivity index is 1.73. The monoisotopic (exact) mass is 259 g/mol. The predicted molar refractivity (Wildman–Crippen MR) is 76.1 cm³/mol. The molecule has 4 nitrogen and oxygen atoms in total. The first kappa shape index (κ1) is 12.6. The number of hydrogen-bond acceptors (Lipinski definition) is 3. The van der Waals surface area contributed by atoms with Crippen LogP contribution in [0.2, 0.25) is 0 Å². The van der Waals surface area contributed by atoms with E-state index >= 15 is 0 Å². The van der Waals surface area contributed by atoms with E-state index in [1.807, 2.05) is 12.1 Å². The van der Waals surface area contributed by atoms with E-state index in [0.717, 1.165) is 23.3 Å². The van der Waals surface area contributed by atoms with Crippen LogP contribution in [0.1, 0.15) is 37.4 Å². The molecule has 0 spiro atoms. The Morgan fingerprint density at radius 3 is 3.11 bits per heavy atom. The smallest absolute Gasteiger partial charge is 0.110 e. The molecule has 1 aromatic carbocycles. The number of nitrogens with one attached hydrogen (secondary N) is 2. The van der Waals surface area contributed by atoms with Gasteiger partial charge in [-0.05, 0) is 31.4 Å². The second-order valence-corrected chi connectivity index (χ2v) is 5.34. The van der Waals surface area contributed by atoms with Crippen LogP contribution < -0.4 is 5.32 Å². The maximum absolute atomic E-state index is 5.10. The molecule has 102 valence electrons. The fourth-order valence-corrected chi connectivity index (χ4v) is 2.99. The van der Waals surface area contributed by atoms with Crippen LogP contribution in [0.4, 0.5) is 0 Å². The molecule has 2 N–H and O–H groups in total. The molecule has 0 saturated heterocycles. The van der Waals surface area contributed by atoms with Gasteiger partial charge in [0, 0.05) is 19.1 Å². The minimum atomic E-state index is 0.538. The summed E-state index contributed by atoms with van der Waals surface area (Å²) >= 11 is 0. The van der Waals surface area contributed by atoms with Crippen LogP contribution in [-0.2, 0) is 4.74 Å². The van der Waals surface area contributed by atoms with Gasteiger partial charge < -0.3 is 9.72 Å². The highest BCUT2D eigenvalue weighted by Gasteiger charge is 2.25. The second kappa shape index (κ2) is 5.72. The first-order chi connectivity index (χ1) is 9.36. The largest absolute Gasteiger partial charge is 0.370 e. The molecule has 4 heteroatoms. The van der Waals surface area contributed by atoms with Crippen molar-refractivity contribution in [1.82, 2.24) is 15.3 Å². The molecular weight excluding hydrogens is 238 g/mol.